The van der Waals surface area contributed by atoms with Crippen molar-refractivity contribution in [2.75, 3.05) is 7.11 Å². The molecule has 0 spiro atoms. The molecule has 0 amide bonds. The molecule has 2 rings (SSSR count). The van der Waals surface area contributed by atoms with Gasteiger partial charge in [0.25, 0.3) is 0 Å². The Hall–Kier alpha value is -1.50. The van der Waals surface area contributed by atoms with E-state index in [1.807, 2.05) is 18.2 Å². The Morgan fingerprint density at radius 1 is 1.45 bits per heavy atom. The van der Waals surface area contributed by atoms with Crippen molar-refractivity contribution >= 4 is 15.9 Å². The van der Waals surface area contributed by atoms with E-state index < -0.39 is 0 Å². The van der Waals surface area contributed by atoms with E-state index in [2.05, 4.69) is 26.3 Å². The fourth-order valence-corrected chi connectivity index (χ4v) is 2.57. The molecule has 0 bridgehead atoms. The SMILES string of the molecule is COc1ncccc1C(Cc1cc(F)cc(Br)c1)NN. The number of benzene rings is 1. The van der Waals surface area contributed by atoms with Crippen molar-refractivity contribution in [2.45, 2.75) is 12.5 Å². The topological polar surface area (TPSA) is 60.2 Å². The number of nitrogens with two attached hydrogens (primary N) is 1. The van der Waals surface area contributed by atoms with Crippen LogP contribution in [0.1, 0.15) is 17.2 Å². The van der Waals surface area contributed by atoms with Crippen molar-refractivity contribution in [2.24, 2.45) is 5.84 Å². The van der Waals surface area contributed by atoms with Crippen molar-refractivity contribution in [3.63, 3.8) is 0 Å². The first kappa shape index (κ1) is 14.9. The molecule has 1 unspecified atom stereocenters. The normalized spacial score (nSPS) is 12.2. The number of nitrogens with zero attached hydrogens (tertiary/aromatic N) is 1. The highest BCUT2D eigenvalue weighted by Gasteiger charge is 2.16. The van der Waals surface area contributed by atoms with Gasteiger partial charge >= 0.3 is 0 Å². The summed E-state index contributed by atoms with van der Waals surface area (Å²) in [6.45, 7) is 0. The van der Waals surface area contributed by atoms with E-state index in [0.717, 1.165) is 11.1 Å². The molecule has 0 aliphatic rings. The predicted octanol–water partition coefficient (Wildman–Crippen LogP) is 2.74. The molecule has 20 heavy (non-hydrogen) atoms. The van der Waals surface area contributed by atoms with E-state index in [-0.39, 0.29) is 11.9 Å². The first-order valence-corrected chi connectivity index (χ1v) is 6.83. The summed E-state index contributed by atoms with van der Waals surface area (Å²) in [6, 6.07) is 8.23. The maximum absolute atomic E-state index is 13.4. The fourth-order valence-electron chi connectivity index (χ4n) is 2.06. The molecule has 3 N–H and O–H groups in total. The van der Waals surface area contributed by atoms with Crippen LogP contribution in [0.4, 0.5) is 4.39 Å². The number of nitrogens with one attached hydrogen (secondary N) is 1. The summed E-state index contributed by atoms with van der Waals surface area (Å²) < 4.78 is 19.3. The molecule has 1 heterocycles. The van der Waals surface area contributed by atoms with Crippen LogP contribution in [0.3, 0.4) is 0 Å². The van der Waals surface area contributed by atoms with Gasteiger partial charge < -0.3 is 4.74 Å². The van der Waals surface area contributed by atoms with Crippen molar-refractivity contribution in [1.29, 1.82) is 0 Å². The van der Waals surface area contributed by atoms with Crippen LogP contribution in [0.2, 0.25) is 0 Å². The second kappa shape index (κ2) is 6.78. The number of hydrogen-bond donors (Lipinski definition) is 2. The van der Waals surface area contributed by atoms with Gasteiger partial charge in [-0.15, -0.1) is 0 Å². The lowest BCUT2D eigenvalue weighted by Crippen LogP contribution is -2.30. The zero-order chi connectivity index (χ0) is 14.5. The molecule has 0 saturated carbocycles. The maximum Gasteiger partial charge on any atom is 0.217 e. The molecule has 0 saturated heterocycles. The molecule has 106 valence electrons. The van der Waals surface area contributed by atoms with E-state index >= 15 is 0 Å². The van der Waals surface area contributed by atoms with Gasteiger partial charge in [0.1, 0.15) is 5.82 Å². The van der Waals surface area contributed by atoms with Gasteiger partial charge in [-0.05, 0) is 36.2 Å². The lowest BCUT2D eigenvalue weighted by atomic mass is 10.0. The van der Waals surface area contributed by atoms with Crippen molar-refractivity contribution in [1.82, 2.24) is 10.4 Å². The third kappa shape index (κ3) is 3.53. The largest absolute Gasteiger partial charge is 0.481 e. The molecule has 0 aliphatic heterocycles. The Morgan fingerprint density at radius 2 is 2.25 bits per heavy atom. The van der Waals surface area contributed by atoms with Gasteiger partial charge in [0.15, 0.2) is 0 Å². The number of rotatable bonds is 5. The van der Waals surface area contributed by atoms with Crippen LogP contribution in [0.5, 0.6) is 5.88 Å². The van der Waals surface area contributed by atoms with Crippen LogP contribution in [0.25, 0.3) is 0 Å². The van der Waals surface area contributed by atoms with Crippen LogP contribution in [0.15, 0.2) is 41.0 Å². The van der Waals surface area contributed by atoms with Crippen LogP contribution in [0, 0.1) is 5.82 Å². The number of halogens is 2. The zero-order valence-corrected chi connectivity index (χ0v) is 12.5. The summed E-state index contributed by atoms with van der Waals surface area (Å²) in [7, 11) is 1.55. The number of hydrogen-bond acceptors (Lipinski definition) is 4. The van der Waals surface area contributed by atoms with E-state index in [1.165, 1.54) is 12.1 Å². The molecule has 2 aromatic rings. The number of ether oxygens (including phenoxy) is 1. The molecular formula is C14H15BrFN3O. The van der Waals surface area contributed by atoms with E-state index in [1.54, 1.807) is 13.3 Å². The molecule has 1 aromatic carbocycles. The molecule has 0 aliphatic carbocycles. The Kier molecular flexibility index (Phi) is 5.05. The summed E-state index contributed by atoms with van der Waals surface area (Å²) >= 11 is 3.28. The number of aromatic nitrogens is 1. The van der Waals surface area contributed by atoms with E-state index in [4.69, 9.17) is 10.6 Å². The van der Waals surface area contributed by atoms with Crippen molar-refractivity contribution in [3.05, 3.63) is 57.9 Å². The van der Waals surface area contributed by atoms with E-state index in [0.29, 0.717) is 16.8 Å². The predicted molar refractivity (Wildman–Crippen MR) is 78.7 cm³/mol. The lowest BCUT2D eigenvalue weighted by Gasteiger charge is -2.18. The first-order valence-electron chi connectivity index (χ1n) is 6.04. The molecule has 1 atom stereocenters. The highest BCUT2D eigenvalue weighted by molar-refractivity contribution is 9.10. The van der Waals surface area contributed by atoms with Gasteiger partial charge in [0.05, 0.1) is 13.2 Å². The van der Waals surface area contributed by atoms with Crippen LogP contribution < -0.4 is 16.0 Å². The third-order valence-corrected chi connectivity index (χ3v) is 3.39. The molecule has 4 nitrogen and oxygen atoms in total. The molecular weight excluding hydrogens is 325 g/mol. The fraction of sp³-hybridized carbons (Fsp3) is 0.214. The summed E-state index contributed by atoms with van der Waals surface area (Å²) in [4.78, 5) is 4.14. The zero-order valence-electron chi connectivity index (χ0n) is 10.9. The molecule has 6 heteroatoms. The van der Waals surface area contributed by atoms with Gasteiger partial charge in [0, 0.05) is 16.2 Å². The number of hydrazine groups is 1. The average molecular weight is 340 g/mol. The van der Waals surface area contributed by atoms with E-state index in [9.17, 15) is 4.39 Å². The first-order chi connectivity index (χ1) is 9.63. The molecule has 0 fully saturated rings. The minimum Gasteiger partial charge on any atom is -0.481 e. The Balaban J connectivity index is 2.28. The Bertz CT molecular complexity index is 574. The Morgan fingerprint density at radius 3 is 2.90 bits per heavy atom. The third-order valence-electron chi connectivity index (χ3n) is 2.93. The monoisotopic (exact) mass is 339 g/mol. The maximum atomic E-state index is 13.4. The number of pyridine rings is 1. The average Bonchev–Trinajstić information content (AvgIpc) is 2.43. The highest BCUT2D eigenvalue weighted by atomic mass is 79.9. The van der Waals surface area contributed by atoms with Crippen LogP contribution in [-0.4, -0.2) is 12.1 Å². The van der Waals surface area contributed by atoms with Crippen molar-refractivity contribution in [3.8, 4) is 5.88 Å². The lowest BCUT2D eigenvalue weighted by molar-refractivity contribution is 0.382. The number of methoxy groups -OCH3 is 1. The van der Waals surface area contributed by atoms with Gasteiger partial charge in [-0.3, -0.25) is 11.3 Å². The van der Waals surface area contributed by atoms with Gasteiger partial charge in [0.2, 0.25) is 5.88 Å². The second-order valence-electron chi connectivity index (χ2n) is 4.30. The molecule has 1 aromatic heterocycles. The smallest absolute Gasteiger partial charge is 0.217 e. The molecule has 0 radical (unpaired) electrons. The second-order valence-corrected chi connectivity index (χ2v) is 5.22. The van der Waals surface area contributed by atoms with Crippen LogP contribution >= 0.6 is 15.9 Å². The van der Waals surface area contributed by atoms with Gasteiger partial charge in [-0.1, -0.05) is 22.0 Å². The summed E-state index contributed by atoms with van der Waals surface area (Å²) in [6.07, 6.45) is 2.17. The quantitative estimate of drug-likeness (QED) is 0.649. The summed E-state index contributed by atoms with van der Waals surface area (Å²) in [5, 5.41) is 0. The highest BCUT2D eigenvalue weighted by Crippen LogP contribution is 2.26. The Labute approximate surface area is 125 Å². The summed E-state index contributed by atoms with van der Waals surface area (Å²) in [5.74, 6) is 5.83. The van der Waals surface area contributed by atoms with Crippen molar-refractivity contribution < 1.29 is 9.13 Å². The standard InChI is InChI=1S/C14H15BrFN3O/c1-20-14-12(3-2-4-18-14)13(19-17)7-9-5-10(15)8-11(16)6-9/h2-6,8,13,19H,7,17H2,1H3. The van der Waals surface area contributed by atoms with Gasteiger partial charge in [-0.25, -0.2) is 9.37 Å². The van der Waals surface area contributed by atoms with Gasteiger partial charge in [-0.2, -0.15) is 0 Å². The minimum absolute atomic E-state index is 0.215. The summed E-state index contributed by atoms with van der Waals surface area (Å²) in [5.41, 5.74) is 4.38. The minimum atomic E-state index is -0.289. The van der Waals surface area contributed by atoms with Crippen LogP contribution in [-0.2, 0) is 6.42 Å².